The van der Waals surface area contributed by atoms with E-state index in [2.05, 4.69) is 6.07 Å². The second-order valence-electron chi connectivity index (χ2n) is 3.16. The quantitative estimate of drug-likeness (QED) is 0.687. The minimum absolute atomic E-state index is 0.270. The number of hydrogen-bond acceptors (Lipinski definition) is 1. The van der Waals surface area contributed by atoms with Gasteiger partial charge in [0.1, 0.15) is 5.82 Å². The normalized spacial score (nSPS) is 9.60. The van der Waals surface area contributed by atoms with Crippen molar-refractivity contribution in [3.63, 3.8) is 0 Å². The van der Waals surface area contributed by atoms with Crippen LogP contribution in [0.4, 0.5) is 4.39 Å². The summed E-state index contributed by atoms with van der Waals surface area (Å²) in [5.74, 6) is -0.270. The zero-order valence-electron chi connectivity index (χ0n) is 7.94. The first-order valence-corrected chi connectivity index (χ1v) is 4.56. The Bertz CT molecular complexity index is 509. The van der Waals surface area contributed by atoms with Crippen LogP contribution >= 0.6 is 0 Å². The standard InChI is InChI=1S/C13H8FN/c14-12-7-5-10(6-8-12)13-4-2-1-3-11(13)9-15/h1-8H. The monoisotopic (exact) mass is 197 g/mol. The highest BCUT2D eigenvalue weighted by molar-refractivity contribution is 5.70. The van der Waals surface area contributed by atoms with E-state index in [-0.39, 0.29) is 5.82 Å². The number of hydrogen-bond donors (Lipinski definition) is 0. The van der Waals surface area contributed by atoms with Crippen LogP contribution in [0.3, 0.4) is 0 Å². The molecule has 0 bridgehead atoms. The molecule has 72 valence electrons. The first-order chi connectivity index (χ1) is 7.31. The molecule has 2 heteroatoms. The van der Waals surface area contributed by atoms with E-state index in [9.17, 15) is 4.39 Å². The van der Waals surface area contributed by atoms with Crippen LogP contribution in [0.15, 0.2) is 48.5 Å². The highest BCUT2D eigenvalue weighted by Gasteiger charge is 2.03. The van der Waals surface area contributed by atoms with Crippen molar-refractivity contribution in [3.05, 3.63) is 59.9 Å². The minimum Gasteiger partial charge on any atom is -0.207 e. The second kappa shape index (κ2) is 3.93. The van der Waals surface area contributed by atoms with Gasteiger partial charge in [-0.25, -0.2) is 4.39 Å². The molecule has 0 heterocycles. The van der Waals surface area contributed by atoms with Crippen LogP contribution in [0, 0.1) is 17.1 Å². The molecule has 0 saturated carbocycles. The third kappa shape index (κ3) is 1.87. The van der Waals surface area contributed by atoms with Crippen molar-refractivity contribution < 1.29 is 4.39 Å². The maximum Gasteiger partial charge on any atom is 0.123 e. The predicted molar refractivity (Wildman–Crippen MR) is 56.6 cm³/mol. The van der Waals surface area contributed by atoms with Gasteiger partial charge in [-0.05, 0) is 29.3 Å². The van der Waals surface area contributed by atoms with Crippen molar-refractivity contribution in [1.82, 2.24) is 0 Å². The number of benzene rings is 2. The SMILES string of the molecule is N#Cc1ccccc1-c1ccc(F)cc1. The highest BCUT2D eigenvalue weighted by Crippen LogP contribution is 2.22. The fourth-order valence-corrected chi connectivity index (χ4v) is 1.46. The van der Waals surface area contributed by atoms with Gasteiger partial charge < -0.3 is 0 Å². The van der Waals surface area contributed by atoms with Crippen LogP contribution in [-0.2, 0) is 0 Å². The van der Waals surface area contributed by atoms with Crippen molar-refractivity contribution in [2.45, 2.75) is 0 Å². The van der Waals surface area contributed by atoms with Gasteiger partial charge in [0.2, 0.25) is 0 Å². The summed E-state index contributed by atoms with van der Waals surface area (Å²) in [5, 5.41) is 8.91. The van der Waals surface area contributed by atoms with Crippen LogP contribution < -0.4 is 0 Å². The molecule has 0 unspecified atom stereocenters. The van der Waals surface area contributed by atoms with E-state index in [0.29, 0.717) is 5.56 Å². The van der Waals surface area contributed by atoms with Crippen molar-refractivity contribution >= 4 is 0 Å². The van der Waals surface area contributed by atoms with Gasteiger partial charge in [-0.15, -0.1) is 0 Å². The van der Waals surface area contributed by atoms with Crippen molar-refractivity contribution in [2.75, 3.05) is 0 Å². The number of rotatable bonds is 1. The van der Waals surface area contributed by atoms with Crippen LogP contribution in [0.1, 0.15) is 5.56 Å². The van der Waals surface area contributed by atoms with E-state index in [1.807, 2.05) is 18.2 Å². The summed E-state index contributed by atoms with van der Waals surface area (Å²) in [5.41, 5.74) is 2.29. The molecule has 0 radical (unpaired) electrons. The molecular formula is C13H8FN. The Morgan fingerprint density at radius 1 is 0.933 bits per heavy atom. The van der Waals surface area contributed by atoms with Gasteiger partial charge in [-0.1, -0.05) is 30.3 Å². The Hall–Kier alpha value is -2.14. The Labute approximate surface area is 87.4 Å². The van der Waals surface area contributed by atoms with Gasteiger partial charge in [0.15, 0.2) is 0 Å². The largest absolute Gasteiger partial charge is 0.207 e. The van der Waals surface area contributed by atoms with Crippen LogP contribution in [-0.4, -0.2) is 0 Å². The lowest BCUT2D eigenvalue weighted by Crippen LogP contribution is -1.83. The van der Waals surface area contributed by atoms with Gasteiger partial charge >= 0.3 is 0 Å². The smallest absolute Gasteiger partial charge is 0.123 e. The summed E-state index contributed by atoms with van der Waals surface area (Å²) in [6.45, 7) is 0. The molecular weight excluding hydrogens is 189 g/mol. The molecule has 0 aliphatic rings. The van der Waals surface area contributed by atoms with E-state index >= 15 is 0 Å². The Morgan fingerprint density at radius 2 is 1.60 bits per heavy atom. The third-order valence-electron chi connectivity index (χ3n) is 2.20. The lowest BCUT2D eigenvalue weighted by molar-refractivity contribution is 0.628. The fraction of sp³-hybridized carbons (Fsp3) is 0. The Kier molecular flexibility index (Phi) is 2.47. The van der Waals surface area contributed by atoms with Gasteiger partial charge in [-0.3, -0.25) is 0 Å². The predicted octanol–water partition coefficient (Wildman–Crippen LogP) is 3.36. The molecule has 0 aromatic heterocycles. The number of nitrogens with zero attached hydrogens (tertiary/aromatic N) is 1. The van der Waals surface area contributed by atoms with Crippen molar-refractivity contribution in [3.8, 4) is 17.2 Å². The molecule has 2 rings (SSSR count). The zero-order chi connectivity index (χ0) is 10.7. The molecule has 0 aliphatic carbocycles. The first kappa shape index (κ1) is 9.42. The molecule has 0 amide bonds. The molecule has 0 N–H and O–H groups in total. The summed E-state index contributed by atoms with van der Waals surface area (Å²) >= 11 is 0. The molecule has 0 aliphatic heterocycles. The van der Waals surface area contributed by atoms with Gasteiger partial charge in [0.05, 0.1) is 11.6 Å². The third-order valence-corrected chi connectivity index (χ3v) is 2.20. The lowest BCUT2D eigenvalue weighted by atomic mass is 10.0. The van der Waals surface area contributed by atoms with Crippen molar-refractivity contribution in [2.24, 2.45) is 0 Å². The molecule has 0 saturated heterocycles. The number of nitriles is 1. The van der Waals surface area contributed by atoms with E-state index in [0.717, 1.165) is 11.1 Å². The van der Waals surface area contributed by atoms with E-state index in [1.165, 1.54) is 12.1 Å². The van der Waals surface area contributed by atoms with E-state index in [1.54, 1.807) is 18.2 Å². The van der Waals surface area contributed by atoms with Gasteiger partial charge in [0.25, 0.3) is 0 Å². The summed E-state index contributed by atoms with van der Waals surface area (Å²) in [7, 11) is 0. The highest BCUT2D eigenvalue weighted by atomic mass is 19.1. The summed E-state index contributed by atoms with van der Waals surface area (Å²) in [6.07, 6.45) is 0. The molecule has 2 aromatic rings. The van der Waals surface area contributed by atoms with Gasteiger partial charge in [0, 0.05) is 0 Å². The molecule has 1 nitrogen and oxygen atoms in total. The van der Waals surface area contributed by atoms with E-state index < -0.39 is 0 Å². The fourth-order valence-electron chi connectivity index (χ4n) is 1.46. The average molecular weight is 197 g/mol. The van der Waals surface area contributed by atoms with Crippen LogP contribution in [0.25, 0.3) is 11.1 Å². The second-order valence-corrected chi connectivity index (χ2v) is 3.16. The molecule has 2 aromatic carbocycles. The summed E-state index contributed by atoms with van der Waals surface area (Å²) in [4.78, 5) is 0. The molecule has 15 heavy (non-hydrogen) atoms. The van der Waals surface area contributed by atoms with Crippen LogP contribution in [0.2, 0.25) is 0 Å². The molecule has 0 fully saturated rings. The van der Waals surface area contributed by atoms with Crippen LogP contribution in [0.5, 0.6) is 0 Å². The van der Waals surface area contributed by atoms with Gasteiger partial charge in [-0.2, -0.15) is 5.26 Å². The minimum atomic E-state index is -0.270. The topological polar surface area (TPSA) is 23.8 Å². The maximum atomic E-state index is 12.7. The van der Waals surface area contributed by atoms with E-state index in [4.69, 9.17) is 5.26 Å². The summed E-state index contributed by atoms with van der Waals surface area (Å²) < 4.78 is 12.7. The lowest BCUT2D eigenvalue weighted by Gasteiger charge is -2.03. The Balaban J connectivity index is 2.55. The maximum absolute atomic E-state index is 12.7. The number of halogens is 1. The average Bonchev–Trinajstić information content (AvgIpc) is 2.30. The molecule has 0 atom stereocenters. The van der Waals surface area contributed by atoms with Crippen molar-refractivity contribution in [1.29, 1.82) is 5.26 Å². The Morgan fingerprint density at radius 3 is 2.27 bits per heavy atom. The molecule has 0 spiro atoms. The first-order valence-electron chi connectivity index (χ1n) is 4.56. The zero-order valence-corrected chi connectivity index (χ0v) is 7.94. The summed E-state index contributed by atoms with van der Waals surface area (Å²) in [6, 6.07) is 15.5.